The monoisotopic (exact) mass is 363 g/mol. The minimum absolute atomic E-state index is 0.158. The van der Waals surface area contributed by atoms with Crippen LogP contribution in [0.4, 0.5) is 0 Å². The summed E-state index contributed by atoms with van der Waals surface area (Å²) in [5.41, 5.74) is 2.55. The fraction of sp³-hybridized carbons (Fsp3) is 0.0556. The first-order chi connectivity index (χ1) is 12.9. The van der Waals surface area contributed by atoms with Gasteiger partial charge in [-0.05, 0) is 24.3 Å². The van der Waals surface area contributed by atoms with Crippen molar-refractivity contribution in [1.82, 2.24) is 10.4 Å². The van der Waals surface area contributed by atoms with Gasteiger partial charge in [0.25, 0.3) is 11.5 Å². The number of carbonyl (C=O) groups is 1. The summed E-state index contributed by atoms with van der Waals surface area (Å²) in [7, 11) is 7.14. The minimum atomic E-state index is -0.586. The molecule has 0 saturated heterocycles. The lowest BCUT2D eigenvalue weighted by atomic mass is 9.93. The Morgan fingerprint density at radius 3 is 2.70 bits per heavy atom. The maximum absolute atomic E-state index is 12.1. The minimum Gasteiger partial charge on any atom is -0.504 e. The van der Waals surface area contributed by atoms with Crippen LogP contribution >= 0.6 is 0 Å². The zero-order chi connectivity index (χ0) is 19.6. The van der Waals surface area contributed by atoms with Crippen LogP contribution in [0.25, 0.3) is 10.8 Å². The van der Waals surface area contributed by atoms with Crippen molar-refractivity contribution in [2.75, 3.05) is 7.11 Å². The molecule has 3 rings (SSSR count). The van der Waals surface area contributed by atoms with E-state index in [0.717, 1.165) is 0 Å². The van der Waals surface area contributed by atoms with Gasteiger partial charge < -0.3 is 14.9 Å². The van der Waals surface area contributed by atoms with Gasteiger partial charge in [0, 0.05) is 16.3 Å². The quantitative estimate of drug-likeness (QED) is 0.305. The standard InChI is InChI=1S/C18H14BN3O5/c1-27-15-5-2-9(6-14(15)23)16(24)22-20-8-13-12-7-10(19)3-4-11(12)17(25)21-18(13)26/h2-8,23H,1H3,(H,22,24)(H2,21,25,26). The number of fused-ring (bicyclic) bond motifs is 1. The SMILES string of the molecule is [B]c1ccc2c(=O)[nH]c(O)c(C=NNC(=O)c3ccc(OC)c(O)c3)c2c1. The molecule has 9 heteroatoms. The highest BCUT2D eigenvalue weighted by Gasteiger charge is 2.11. The molecule has 0 aliphatic carbocycles. The van der Waals surface area contributed by atoms with E-state index in [4.69, 9.17) is 12.6 Å². The predicted octanol–water partition coefficient (Wildman–Crippen LogP) is 0.506. The van der Waals surface area contributed by atoms with Gasteiger partial charge in [-0.2, -0.15) is 5.10 Å². The van der Waals surface area contributed by atoms with E-state index in [1.54, 1.807) is 6.07 Å². The Morgan fingerprint density at radius 2 is 2.00 bits per heavy atom. The van der Waals surface area contributed by atoms with Gasteiger partial charge in [0.2, 0.25) is 5.88 Å². The van der Waals surface area contributed by atoms with Crippen LogP contribution in [0, 0.1) is 0 Å². The number of rotatable bonds is 4. The highest BCUT2D eigenvalue weighted by Crippen LogP contribution is 2.26. The molecule has 0 aliphatic heterocycles. The molecular weight excluding hydrogens is 349 g/mol. The maximum Gasteiger partial charge on any atom is 0.271 e. The number of hydrazone groups is 1. The number of aromatic nitrogens is 1. The van der Waals surface area contributed by atoms with Crippen LogP contribution in [-0.2, 0) is 0 Å². The fourth-order valence-electron chi connectivity index (χ4n) is 2.53. The van der Waals surface area contributed by atoms with Crippen molar-refractivity contribution in [2.24, 2.45) is 5.10 Å². The number of ether oxygens (including phenoxy) is 1. The molecule has 0 bridgehead atoms. The van der Waals surface area contributed by atoms with Gasteiger partial charge in [0.15, 0.2) is 11.5 Å². The number of H-pyrrole nitrogens is 1. The number of aromatic amines is 1. The van der Waals surface area contributed by atoms with Crippen LogP contribution in [0.1, 0.15) is 15.9 Å². The normalized spacial score (nSPS) is 11.0. The molecule has 2 radical (unpaired) electrons. The fourth-order valence-corrected chi connectivity index (χ4v) is 2.53. The molecule has 1 aromatic heterocycles. The van der Waals surface area contributed by atoms with Gasteiger partial charge in [-0.1, -0.05) is 17.6 Å². The first-order valence-corrected chi connectivity index (χ1v) is 7.75. The number of phenolic OH excluding ortho intramolecular Hbond substituents is 1. The Labute approximate surface area is 154 Å². The van der Waals surface area contributed by atoms with Crippen LogP contribution in [0.5, 0.6) is 17.4 Å². The summed E-state index contributed by atoms with van der Waals surface area (Å²) in [6.45, 7) is 0. The van der Waals surface area contributed by atoms with E-state index in [9.17, 15) is 19.8 Å². The van der Waals surface area contributed by atoms with Crippen molar-refractivity contribution in [3.05, 3.63) is 57.9 Å². The summed E-state index contributed by atoms with van der Waals surface area (Å²) in [4.78, 5) is 26.3. The molecule has 134 valence electrons. The van der Waals surface area contributed by atoms with Crippen molar-refractivity contribution in [3.8, 4) is 17.4 Å². The Morgan fingerprint density at radius 1 is 1.22 bits per heavy atom. The smallest absolute Gasteiger partial charge is 0.271 e. The molecule has 3 aromatic rings. The van der Waals surface area contributed by atoms with Gasteiger partial charge >= 0.3 is 0 Å². The molecule has 4 N–H and O–H groups in total. The Kier molecular flexibility index (Phi) is 4.84. The van der Waals surface area contributed by atoms with E-state index >= 15 is 0 Å². The summed E-state index contributed by atoms with van der Waals surface area (Å²) < 4.78 is 4.91. The summed E-state index contributed by atoms with van der Waals surface area (Å²) in [5.74, 6) is -0.943. The number of nitrogens with one attached hydrogen (secondary N) is 2. The zero-order valence-corrected chi connectivity index (χ0v) is 14.2. The molecule has 27 heavy (non-hydrogen) atoms. The van der Waals surface area contributed by atoms with Gasteiger partial charge in [0.05, 0.1) is 18.9 Å². The molecule has 1 amide bonds. The van der Waals surface area contributed by atoms with E-state index in [1.165, 1.54) is 43.7 Å². The lowest BCUT2D eigenvalue weighted by molar-refractivity contribution is 0.0954. The summed E-state index contributed by atoms with van der Waals surface area (Å²) in [6.07, 6.45) is 1.19. The van der Waals surface area contributed by atoms with Crippen LogP contribution in [0.15, 0.2) is 46.3 Å². The third-order valence-electron chi connectivity index (χ3n) is 3.87. The summed E-state index contributed by atoms with van der Waals surface area (Å²) >= 11 is 0. The van der Waals surface area contributed by atoms with E-state index in [0.29, 0.717) is 16.2 Å². The van der Waals surface area contributed by atoms with Crippen molar-refractivity contribution in [2.45, 2.75) is 0 Å². The second-order valence-corrected chi connectivity index (χ2v) is 5.61. The topological polar surface area (TPSA) is 124 Å². The molecule has 1 heterocycles. The number of carbonyl (C=O) groups excluding carboxylic acids is 1. The van der Waals surface area contributed by atoms with Crippen molar-refractivity contribution >= 4 is 36.2 Å². The van der Waals surface area contributed by atoms with Crippen molar-refractivity contribution in [1.29, 1.82) is 0 Å². The number of hydrogen-bond acceptors (Lipinski definition) is 6. The van der Waals surface area contributed by atoms with Gasteiger partial charge in [-0.25, -0.2) is 5.43 Å². The van der Waals surface area contributed by atoms with Crippen LogP contribution in [0.3, 0.4) is 0 Å². The third-order valence-corrected chi connectivity index (χ3v) is 3.87. The summed E-state index contributed by atoms with van der Waals surface area (Å²) in [5, 5.41) is 24.2. The van der Waals surface area contributed by atoms with E-state index in [1.807, 2.05) is 0 Å². The molecule has 2 aromatic carbocycles. The number of aromatic hydroxyl groups is 2. The first-order valence-electron chi connectivity index (χ1n) is 7.75. The largest absolute Gasteiger partial charge is 0.504 e. The maximum atomic E-state index is 12.1. The number of pyridine rings is 1. The average molecular weight is 363 g/mol. The highest BCUT2D eigenvalue weighted by molar-refractivity contribution is 6.33. The van der Waals surface area contributed by atoms with Crippen molar-refractivity contribution < 1.29 is 19.7 Å². The Balaban J connectivity index is 1.88. The van der Waals surface area contributed by atoms with Gasteiger partial charge in [-0.3, -0.25) is 14.6 Å². The molecule has 0 unspecified atom stereocenters. The molecule has 0 fully saturated rings. The molecule has 0 saturated carbocycles. The lowest BCUT2D eigenvalue weighted by Gasteiger charge is -2.06. The molecule has 0 spiro atoms. The zero-order valence-electron chi connectivity index (χ0n) is 14.2. The number of nitrogens with zero attached hydrogens (tertiary/aromatic N) is 1. The molecule has 0 atom stereocenters. The highest BCUT2D eigenvalue weighted by atomic mass is 16.5. The number of methoxy groups -OCH3 is 1. The number of hydrogen-bond donors (Lipinski definition) is 4. The van der Waals surface area contributed by atoms with Crippen LogP contribution in [0.2, 0.25) is 0 Å². The third kappa shape index (κ3) is 3.62. The van der Waals surface area contributed by atoms with E-state index in [2.05, 4.69) is 15.5 Å². The lowest BCUT2D eigenvalue weighted by Crippen LogP contribution is -2.18. The second-order valence-electron chi connectivity index (χ2n) is 5.61. The number of phenols is 1. The van der Waals surface area contributed by atoms with E-state index < -0.39 is 17.3 Å². The Hall–Kier alpha value is -3.75. The molecule has 0 aliphatic rings. The number of benzene rings is 2. The summed E-state index contributed by atoms with van der Waals surface area (Å²) in [6, 6.07) is 8.74. The molecule has 8 nitrogen and oxygen atoms in total. The average Bonchev–Trinajstić information content (AvgIpc) is 2.63. The van der Waals surface area contributed by atoms with Gasteiger partial charge in [0.1, 0.15) is 7.85 Å². The van der Waals surface area contributed by atoms with Crippen molar-refractivity contribution in [3.63, 3.8) is 0 Å². The Bertz CT molecular complexity index is 1120. The predicted molar refractivity (Wildman–Crippen MR) is 101 cm³/mol. The van der Waals surface area contributed by atoms with E-state index in [-0.39, 0.29) is 22.6 Å². The van der Waals surface area contributed by atoms with Crippen LogP contribution in [-0.4, -0.2) is 42.3 Å². The van der Waals surface area contributed by atoms with Crippen LogP contribution < -0.4 is 21.2 Å². The second kappa shape index (κ2) is 7.24. The van der Waals surface area contributed by atoms with Gasteiger partial charge in [-0.15, -0.1) is 0 Å². The number of amides is 1. The first kappa shape index (κ1) is 18.1. The molecular formula is C18H14BN3O5.